The first-order valence-corrected chi connectivity index (χ1v) is 12.1. The van der Waals surface area contributed by atoms with Gasteiger partial charge in [-0.2, -0.15) is 0 Å². The molecule has 35 heavy (non-hydrogen) atoms. The van der Waals surface area contributed by atoms with Crippen molar-refractivity contribution in [2.24, 2.45) is 0 Å². The molecule has 0 spiro atoms. The highest BCUT2D eigenvalue weighted by molar-refractivity contribution is 5.96. The number of aromatic nitrogens is 2. The Kier molecular flexibility index (Phi) is 6.31. The smallest absolute Gasteiger partial charge is 0.227 e. The molecule has 1 aliphatic rings. The van der Waals surface area contributed by atoms with E-state index in [0.29, 0.717) is 19.5 Å². The van der Waals surface area contributed by atoms with Crippen LogP contribution in [0.2, 0.25) is 0 Å². The lowest BCUT2D eigenvalue weighted by Gasteiger charge is -2.19. The second kappa shape index (κ2) is 9.55. The number of rotatable bonds is 7. The van der Waals surface area contributed by atoms with E-state index in [1.54, 1.807) is 0 Å². The topological polar surface area (TPSA) is 67.6 Å². The van der Waals surface area contributed by atoms with Crippen LogP contribution in [-0.2, 0) is 11.3 Å². The third-order valence-electron chi connectivity index (χ3n) is 6.64. The Hall–Kier alpha value is -3.64. The zero-order valence-electron chi connectivity index (χ0n) is 20.4. The Morgan fingerprint density at radius 1 is 1.03 bits per heavy atom. The summed E-state index contributed by atoms with van der Waals surface area (Å²) in [6.07, 6.45) is -0.330. The van der Waals surface area contributed by atoms with Gasteiger partial charge in [0.15, 0.2) is 0 Å². The number of aliphatic hydroxyl groups excluding tert-OH is 1. The van der Waals surface area contributed by atoms with Gasteiger partial charge in [0.05, 0.1) is 17.6 Å². The van der Waals surface area contributed by atoms with E-state index in [4.69, 9.17) is 9.72 Å². The number of hydrogen-bond acceptors (Lipinski definition) is 4. The first kappa shape index (κ1) is 23.1. The normalized spacial score (nSPS) is 16.7. The number of hydrogen-bond donors (Lipinski definition) is 1. The summed E-state index contributed by atoms with van der Waals surface area (Å²) >= 11 is 0. The summed E-state index contributed by atoms with van der Waals surface area (Å²) in [6, 6.07) is 22.0. The van der Waals surface area contributed by atoms with E-state index in [9.17, 15) is 9.90 Å². The molecule has 2 atom stereocenters. The van der Waals surface area contributed by atoms with Crippen molar-refractivity contribution >= 4 is 22.6 Å². The maximum absolute atomic E-state index is 13.0. The van der Waals surface area contributed by atoms with Crippen molar-refractivity contribution in [1.82, 2.24) is 9.55 Å². The van der Waals surface area contributed by atoms with Gasteiger partial charge in [-0.3, -0.25) is 4.79 Å². The minimum absolute atomic E-state index is 0.0529. The van der Waals surface area contributed by atoms with Gasteiger partial charge in [0, 0.05) is 24.6 Å². The minimum Gasteiger partial charge on any atom is -0.491 e. The number of carbonyl (C=O) groups excluding carboxylic acids is 1. The van der Waals surface area contributed by atoms with Crippen molar-refractivity contribution in [2.45, 2.75) is 45.8 Å². The molecule has 0 aliphatic carbocycles. The molecular weight excluding hydrogens is 438 g/mol. The number of carbonyl (C=O) groups is 1. The van der Waals surface area contributed by atoms with Crippen LogP contribution in [0.5, 0.6) is 5.75 Å². The maximum Gasteiger partial charge on any atom is 0.227 e. The first-order valence-electron chi connectivity index (χ1n) is 12.1. The molecule has 0 bridgehead atoms. The number of fused-ring (bicyclic) bond motifs is 1. The third kappa shape index (κ3) is 4.80. The Bertz CT molecular complexity index is 1380. The lowest BCUT2D eigenvalue weighted by molar-refractivity contribution is -0.117. The van der Waals surface area contributed by atoms with Gasteiger partial charge in [0.1, 0.15) is 24.3 Å². The van der Waals surface area contributed by atoms with Gasteiger partial charge >= 0.3 is 0 Å². The number of para-hydroxylation sites is 2. The number of amides is 1. The number of benzene rings is 3. The molecule has 5 rings (SSSR count). The number of anilines is 1. The van der Waals surface area contributed by atoms with Gasteiger partial charge in [-0.15, -0.1) is 0 Å². The molecule has 0 saturated carbocycles. The van der Waals surface area contributed by atoms with E-state index in [1.807, 2.05) is 86.3 Å². The molecule has 1 aromatic heterocycles. The van der Waals surface area contributed by atoms with Crippen molar-refractivity contribution < 1.29 is 14.6 Å². The Morgan fingerprint density at radius 2 is 1.83 bits per heavy atom. The standard InChI is InChI=1S/C29H31N3O3/c1-19-7-6-8-23(14-19)31-16-22(15-28(31)34)29-30-25-9-4-5-10-26(25)32(29)17-24(33)18-35-27-12-11-20(2)13-21(27)3/h4-14,22,24,33H,15-18H2,1-3H3/t22-,24+/m0/s1. The predicted molar refractivity (Wildman–Crippen MR) is 138 cm³/mol. The number of imidazole rings is 1. The lowest BCUT2D eigenvalue weighted by Crippen LogP contribution is -2.26. The van der Waals surface area contributed by atoms with Gasteiger partial charge in [0.2, 0.25) is 5.91 Å². The van der Waals surface area contributed by atoms with Gasteiger partial charge in [-0.1, -0.05) is 42.0 Å². The summed E-state index contributed by atoms with van der Waals surface area (Å²) in [6.45, 7) is 7.17. The van der Waals surface area contributed by atoms with Crippen molar-refractivity contribution in [1.29, 1.82) is 0 Å². The zero-order chi connectivity index (χ0) is 24.5. The summed E-state index contributed by atoms with van der Waals surface area (Å²) in [5.74, 6) is 1.65. The fourth-order valence-electron chi connectivity index (χ4n) is 4.93. The van der Waals surface area contributed by atoms with Gasteiger partial charge in [-0.05, 0) is 62.2 Å². The van der Waals surface area contributed by atoms with Gasteiger partial charge in [0.25, 0.3) is 0 Å². The van der Waals surface area contributed by atoms with Crippen LogP contribution < -0.4 is 9.64 Å². The molecule has 1 fully saturated rings. The van der Waals surface area contributed by atoms with Gasteiger partial charge < -0.3 is 19.3 Å². The van der Waals surface area contributed by atoms with E-state index in [-0.39, 0.29) is 18.4 Å². The number of aliphatic hydroxyl groups is 1. The summed E-state index contributed by atoms with van der Waals surface area (Å²) < 4.78 is 8.00. The molecule has 180 valence electrons. The van der Waals surface area contributed by atoms with Crippen molar-refractivity contribution in [3.63, 3.8) is 0 Å². The number of nitrogens with zero attached hydrogens (tertiary/aromatic N) is 3. The van der Waals surface area contributed by atoms with Crippen LogP contribution in [0.3, 0.4) is 0 Å². The number of aryl methyl sites for hydroxylation is 3. The Morgan fingerprint density at radius 3 is 2.63 bits per heavy atom. The van der Waals surface area contributed by atoms with Crippen LogP contribution in [0.1, 0.15) is 34.9 Å². The highest BCUT2D eigenvalue weighted by atomic mass is 16.5. The fourth-order valence-corrected chi connectivity index (χ4v) is 4.93. The van der Waals surface area contributed by atoms with Crippen LogP contribution in [0, 0.1) is 20.8 Å². The van der Waals surface area contributed by atoms with E-state index >= 15 is 0 Å². The highest BCUT2D eigenvalue weighted by Crippen LogP contribution is 2.33. The molecule has 1 N–H and O–H groups in total. The Balaban J connectivity index is 1.38. The molecular formula is C29H31N3O3. The average Bonchev–Trinajstić information content (AvgIpc) is 3.39. The fraction of sp³-hybridized carbons (Fsp3) is 0.310. The molecule has 0 unspecified atom stereocenters. The highest BCUT2D eigenvalue weighted by Gasteiger charge is 2.35. The largest absolute Gasteiger partial charge is 0.491 e. The summed E-state index contributed by atoms with van der Waals surface area (Å²) in [5.41, 5.74) is 6.09. The minimum atomic E-state index is -0.725. The SMILES string of the molecule is Cc1cccc(N2C[C@@H](c3nc4ccccc4n3C[C@@H](O)COc3ccc(C)cc3C)CC2=O)c1. The second-order valence-corrected chi connectivity index (χ2v) is 9.55. The maximum atomic E-state index is 13.0. The van der Waals surface area contributed by atoms with E-state index < -0.39 is 6.10 Å². The third-order valence-corrected chi connectivity index (χ3v) is 6.64. The molecule has 1 aliphatic heterocycles. The number of ether oxygens (including phenoxy) is 1. The molecule has 6 nitrogen and oxygen atoms in total. The van der Waals surface area contributed by atoms with Crippen LogP contribution in [0.25, 0.3) is 11.0 Å². The summed E-state index contributed by atoms with van der Waals surface area (Å²) in [5, 5.41) is 10.9. The van der Waals surface area contributed by atoms with E-state index in [1.165, 1.54) is 5.56 Å². The van der Waals surface area contributed by atoms with Crippen LogP contribution in [0.4, 0.5) is 5.69 Å². The van der Waals surface area contributed by atoms with Crippen molar-refractivity contribution in [3.05, 3.63) is 89.2 Å². The van der Waals surface area contributed by atoms with Crippen molar-refractivity contribution in [3.8, 4) is 5.75 Å². The molecule has 2 heterocycles. The molecule has 3 aromatic carbocycles. The molecule has 4 aromatic rings. The Labute approximate surface area is 205 Å². The van der Waals surface area contributed by atoms with Crippen LogP contribution in [0.15, 0.2) is 66.7 Å². The predicted octanol–water partition coefficient (Wildman–Crippen LogP) is 4.92. The summed E-state index contributed by atoms with van der Waals surface area (Å²) in [4.78, 5) is 19.7. The van der Waals surface area contributed by atoms with Crippen LogP contribution >= 0.6 is 0 Å². The monoisotopic (exact) mass is 469 g/mol. The molecule has 0 radical (unpaired) electrons. The molecule has 6 heteroatoms. The van der Waals surface area contributed by atoms with E-state index in [0.717, 1.165) is 39.4 Å². The quantitative estimate of drug-likeness (QED) is 0.417. The zero-order valence-corrected chi connectivity index (χ0v) is 20.4. The average molecular weight is 470 g/mol. The van der Waals surface area contributed by atoms with E-state index in [2.05, 4.69) is 10.6 Å². The lowest BCUT2D eigenvalue weighted by atomic mass is 10.1. The molecule has 1 saturated heterocycles. The van der Waals surface area contributed by atoms with Gasteiger partial charge in [-0.25, -0.2) is 4.98 Å². The molecule has 1 amide bonds. The van der Waals surface area contributed by atoms with Crippen LogP contribution in [-0.4, -0.2) is 39.8 Å². The second-order valence-electron chi connectivity index (χ2n) is 9.55. The van der Waals surface area contributed by atoms with Crippen molar-refractivity contribution in [2.75, 3.05) is 18.1 Å². The summed E-state index contributed by atoms with van der Waals surface area (Å²) in [7, 11) is 0. The first-order chi connectivity index (χ1) is 16.9.